The number of benzene rings is 1. The van der Waals surface area contributed by atoms with Crippen molar-refractivity contribution in [3.8, 4) is 11.5 Å². The van der Waals surface area contributed by atoms with Gasteiger partial charge in [-0.05, 0) is 6.07 Å². The zero-order chi connectivity index (χ0) is 12.0. The van der Waals surface area contributed by atoms with Crippen LogP contribution in [-0.4, -0.2) is 31.8 Å². The van der Waals surface area contributed by atoms with E-state index in [4.69, 9.17) is 14.6 Å². The fraction of sp³-hybridized carbons (Fsp3) is 0.364. The van der Waals surface area contributed by atoms with Crippen LogP contribution in [0.5, 0.6) is 11.5 Å². The molecule has 1 rings (SSSR count). The molecule has 1 aromatic rings. The molecule has 0 saturated carbocycles. The summed E-state index contributed by atoms with van der Waals surface area (Å²) in [5, 5.41) is 11.3. The van der Waals surface area contributed by atoms with Crippen molar-refractivity contribution in [2.45, 2.75) is 6.54 Å². The van der Waals surface area contributed by atoms with Crippen LogP contribution in [0.4, 0.5) is 0 Å². The van der Waals surface area contributed by atoms with Crippen LogP contribution in [0.1, 0.15) is 5.56 Å². The molecular formula is C11H15NO4. The van der Waals surface area contributed by atoms with E-state index >= 15 is 0 Å². The van der Waals surface area contributed by atoms with Crippen LogP contribution in [0.25, 0.3) is 0 Å². The number of carbonyl (C=O) groups is 1. The third-order valence-corrected chi connectivity index (χ3v) is 2.09. The summed E-state index contributed by atoms with van der Waals surface area (Å²) in [6, 6.07) is 5.41. The Morgan fingerprint density at radius 3 is 2.69 bits per heavy atom. The number of hydrogen-bond donors (Lipinski definition) is 2. The average molecular weight is 225 g/mol. The Morgan fingerprint density at radius 2 is 2.12 bits per heavy atom. The molecule has 0 unspecified atom stereocenters. The van der Waals surface area contributed by atoms with E-state index < -0.39 is 5.97 Å². The maximum Gasteiger partial charge on any atom is 0.317 e. The second-order valence-electron chi connectivity index (χ2n) is 3.18. The van der Waals surface area contributed by atoms with Gasteiger partial charge in [0.05, 0.1) is 20.8 Å². The maximum atomic E-state index is 10.3. The highest BCUT2D eigenvalue weighted by atomic mass is 16.5. The van der Waals surface area contributed by atoms with Crippen LogP contribution in [-0.2, 0) is 11.3 Å². The van der Waals surface area contributed by atoms with Gasteiger partial charge in [-0.1, -0.05) is 6.07 Å². The van der Waals surface area contributed by atoms with E-state index in [2.05, 4.69) is 5.32 Å². The van der Waals surface area contributed by atoms with Crippen LogP contribution < -0.4 is 14.8 Å². The predicted molar refractivity (Wildman–Crippen MR) is 58.9 cm³/mol. The van der Waals surface area contributed by atoms with Crippen molar-refractivity contribution in [2.75, 3.05) is 20.8 Å². The molecule has 2 N–H and O–H groups in total. The van der Waals surface area contributed by atoms with Crippen molar-refractivity contribution in [1.29, 1.82) is 0 Å². The summed E-state index contributed by atoms with van der Waals surface area (Å²) in [7, 11) is 3.15. The highest BCUT2D eigenvalue weighted by Gasteiger charge is 2.05. The molecule has 0 aliphatic heterocycles. The minimum absolute atomic E-state index is 0.0742. The van der Waals surface area contributed by atoms with Gasteiger partial charge in [-0.25, -0.2) is 0 Å². The molecule has 0 bridgehead atoms. The predicted octanol–water partition coefficient (Wildman–Crippen LogP) is 0.878. The molecule has 0 aliphatic carbocycles. The largest absolute Gasteiger partial charge is 0.497 e. The number of ether oxygens (including phenoxy) is 2. The van der Waals surface area contributed by atoms with Crippen molar-refractivity contribution in [3.63, 3.8) is 0 Å². The Balaban J connectivity index is 2.68. The van der Waals surface area contributed by atoms with Gasteiger partial charge >= 0.3 is 5.97 Å². The summed E-state index contributed by atoms with van der Waals surface area (Å²) in [4.78, 5) is 10.3. The number of nitrogens with one attached hydrogen (secondary N) is 1. The number of methoxy groups -OCH3 is 2. The Morgan fingerprint density at radius 1 is 1.38 bits per heavy atom. The van der Waals surface area contributed by atoms with Crippen LogP contribution in [0.3, 0.4) is 0 Å². The summed E-state index contributed by atoms with van der Waals surface area (Å²) in [6.07, 6.45) is 0. The van der Waals surface area contributed by atoms with Crippen LogP contribution in [0.2, 0.25) is 0 Å². The summed E-state index contributed by atoms with van der Waals surface area (Å²) in [6.45, 7) is 0.370. The Hall–Kier alpha value is -1.75. The second-order valence-corrected chi connectivity index (χ2v) is 3.18. The molecule has 5 heteroatoms. The lowest BCUT2D eigenvalue weighted by atomic mass is 10.2. The molecular weight excluding hydrogens is 210 g/mol. The number of aliphatic carboxylic acids is 1. The minimum Gasteiger partial charge on any atom is -0.497 e. The molecule has 1 aromatic carbocycles. The monoisotopic (exact) mass is 225 g/mol. The maximum absolute atomic E-state index is 10.3. The standard InChI is InChI=1S/C11H15NO4/c1-15-9-4-3-8(10(5-9)16-2)6-12-7-11(13)14/h3-5,12H,6-7H2,1-2H3,(H,13,14). The van der Waals surface area contributed by atoms with Crippen molar-refractivity contribution < 1.29 is 19.4 Å². The molecule has 0 aromatic heterocycles. The van der Waals surface area contributed by atoms with E-state index in [1.165, 1.54) is 0 Å². The normalized spacial score (nSPS) is 9.88. The fourth-order valence-electron chi connectivity index (χ4n) is 1.30. The van der Waals surface area contributed by atoms with Gasteiger partial charge in [0.25, 0.3) is 0 Å². The molecule has 0 fully saturated rings. The number of rotatable bonds is 6. The number of carboxylic acids is 1. The smallest absolute Gasteiger partial charge is 0.317 e. The van der Waals surface area contributed by atoms with Crippen molar-refractivity contribution >= 4 is 5.97 Å². The lowest BCUT2D eigenvalue weighted by Crippen LogP contribution is -2.22. The molecule has 16 heavy (non-hydrogen) atoms. The van der Waals surface area contributed by atoms with Crippen LogP contribution in [0.15, 0.2) is 18.2 Å². The zero-order valence-corrected chi connectivity index (χ0v) is 9.32. The Labute approximate surface area is 94.0 Å². The van der Waals surface area contributed by atoms with E-state index in [9.17, 15) is 4.79 Å². The summed E-state index contributed by atoms with van der Waals surface area (Å²) in [5.41, 5.74) is 0.893. The summed E-state index contributed by atoms with van der Waals surface area (Å²) in [5.74, 6) is 0.503. The van der Waals surface area contributed by atoms with E-state index in [1.54, 1.807) is 26.4 Å². The molecule has 0 atom stereocenters. The van der Waals surface area contributed by atoms with Gasteiger partial charge < -0.3 is 19.9 Å². The lowest BCUT2D eigenvalue weighted by Gasteiger charge is -2.10. The van der Waals surface area contributed by atoms with Gasteiger partial charge in [0.1, 0.15) is 11.5 Å². The highest BCUT2D eigenvalue weighted by Crippen LogP contribution is 2.24. The SMILES string of the molecule is COc1ccc(CNCC(=O)O)c(OC)c1. The Kier molecular flexibility index (Phi) is 4.60. The molecule has 0 aliphatic rings. The zero-order valence-electron chi connectivity index (χ0n) is 9.32. The first kappa shape index (κ1) is 12.3. The van der Waals surface area contributed by atoms with E-state index in [1.807, 2.05) is 6.07 Å². The van der Waals surface area contributed by atoms with E-state index in [0.29, 0.717) is 18.0 Å². The first-order valence-electron chi connectivity index (χ1n) is 4.80. The van der Waals surface area contributed by atoms with Gasteiger partial charge in [-0.2, -0.15) is 0 Å². The number of carboxylic acid groups (broad SMARTS) is 1. The minimum atomic E-state index is -0.882. The molecule has 5 nitrogen and oxygen atoms in total. The van der Waals surface area contributed by atoms with Crippen LogP contribution in [0, 0.1) is 0 Å². The molecule has 0 saturated heterocycles. The highest BCUT2D eigenvalue weighted by molar-refractivity contribution is 5.69. The molecule has 0 amide bonds. The Bertz CT molecular complexity index is 365. The summed E-state index contributed by atoms with van der Waals surface area (Å²) < 4.78 is 10.2. The van der Waals surface area contributed by atoms with E-state index in [0.717, 1.165) is 5.56 Å². The van der Waals surface area contributed by atoms with E-state index in [-0.39, 0.29) is 6.54 Å². The third-order valence-electron chi connectivity index (χ3n) is 2.09. The van der Waals surface area contributed by atoms with Gasteiger partial charge in [-0.15, -0.1) is 0 Å². The lowest BCUT2D eigenvalue weighted by molar-refractivity contribution is -0.136. The first-order chi connectivity index (χ1) is 7.67. The quantitative estimate of drug-likeness (QED) is 0.752. The number of hydrogen-bond acceptors (Lipinski definition) is 4. The fourth-order valence-corrected chi connectivity index (χ4v) is 1.30. The van der Waals surface area contributed by atoms with Gasteiger partial charge in [0, 0.05) is 18.2 Å². The summed E-state index contributed by atoms with van der Waals surface area (Å²) >= 11 is 0. The van der Waals surface area contributed by atoms with Crippen LogP contribution >= 0.6 is 0 Å². The van der Waals surface area contributed by atoms with Gasteiger partial charge in [0.15, 0.2) is 0 Å². The molecule has 0 radical (unpaired) electrons. The van der Waals surface area contributed by atoms with Crippen molar-refractivity contribution in [3.05, 3.63) is 23.8 Å². The first-order valence-corrected chi connectivity index (χ1v) is 4.80. The second kappa shape index (κ2) is 5.97. The van der Waals surface area contributed by atoms with Crippen molar-refractivity contribution in [1.82, 2.24) is 5.32 Å². The van der Waals surface area contributed by atoms with Gasteiger partial charge in [0.2, 0.25) is 0 Å². The molecule has 0 heterocycles. The molecule has 0 spiro atoms. The third kappa shape index (κ3) is 3.43. The molecule has 88 valence electrons. The topological polar surface area (TPSA) is 67.8 Å². The van der Waals surface area contributed by atoms with Crippen molar-refractivity contribution in [2.24, 2.45) is 0 Å². The van der Waals surface area contributed by atoms with Gasteiger partial charge in [-0.3, -0.25) is 4.79 Å². The average Bonchev–Trinajstić information content (AvgIpc) is 2.29.